The summed E-state index contributed by atoms with van der Waals surface area (Å²) in [6.07, 6.45) is 3.33. The molecule has 0 saturated heterocycles. The van der Waals surface area contributed by atoms with Gasteiger partial charge in [0, 0.05) is 4.88 Å². The van der Waals surface area contributed by atoms with Gasteiger partial charge in [-0.15, -0.1) is 11.3 Å². The van der Waals surface area contributed by atoms with Crippen molar-refractivity contribution in [2.45, 2.75) is 32.6 Å². The highest BCUT2D eigenvalue weighted by Gasteiger charge is 2.22. The zero-order valence-corrected chi connectivity index (χ0v) is 13.8. The predicted molar refractivity (Wildman–Crippen MR) is 91.0 cm³/mol. The molecule has 0 unspecified atom stereocenters. The number of benzene rings is 1. The van der Waals surface area contributed by atoms with Gasteiger partial charge in [0.05, 0.1) is 18.6 Å². The summed E-state index contributed by atoms with van der Waals surface area (Å²) in [4.78, 5) is 13.3. The van der Waals surface area contributed by atoms with E-state index >= 15 is 0 Å². The number of ether oxygens (including phenoxy) is 1. The fourth-order valence-electron chi connectivity index (χ4n) is 2.70. The number of amides is 1. The first-order chi connectivity index (χ1) is 11.2. The van der Waals surface area contributed by atoms with E-state index in [9.17, 15) is 10.1 Å². The maximum absolute atomic E-state index is 12.1. The minimum absolute atomic E-state index is 0.117. The van der Waals surface area contributed by atoms with Crippen molar-refractivity contribution in [3.05, 3.63) is 45.8 Å². The van der Waals surface area contributed by atoms with Crippen LogP contribution in [-0.2, 0) is 17.6 Å². The Morgan fingerprint density at radius 1 is 1.35 bits per heavy atom. The fourth-order valence-corrected chi connectivity index (χ4v) is 3.95. The van der Waals surface area contributed by atoms with Crippen LogP contribution in [0.4, 0.5) is 5.00 Å². The molecule has 1 N–H and O–H groups in total. The van der Waals surface area contributed by atoms with Gasteiger partial charge < -0.3 is 10.1 Å². The molecule has 1 aromatic heterocycles. The van der Waals surface area contributed by atoms with E-state index < -0.39 is 0 Å². The number of fused-ring (bicyclic) bond motifs is 1. The van der Waals surface area contributed by atoms with E-state index in [-0.39, 0.29) is 12.3 Å². The third kappa shape index (κ3) is 3.54. The van der Waals surface area contributed by atoms with E-state index in [1.807, 2.05) is 31.2 Å². The van der Waals surface area contributed by atoms with Gasteiger partial charge >= 0.3 is 0 Å². The molecule has 0 fully saturated rings. The molecule has 3 rings (SSSR count). The second-order valence-electron chi connectivity index (χ2n) is 5.63. The average molecular weight is 326 g/mol. The van der Waals surface area contributed by atoms with E-state index in [0.717, 1.165) is 30.6 Å². The number of thiophene rings is 1. The topological polar surface area (TPSA) is 62.1 Å². The summed E-state index contributed by atoms with van der Waals surface area (Å²) in [5.41, 5.74) is 2.95. The Bertz CT molecular complexity index is 757. The molecule has 5 heteroatoms. The average Bonchev–Trinajstić information content (AvgIpc) is 3.09. The molecule has 118 valence electrons. The van der Waals surface area contributed by atoms with Gasteiger partial charge in [0.25, 0.3) is 0 Å². The van der Waals surface area contributed by atoms with Crippen molar-refractivity contribution in [1.82, 2.24) is 0 Å². The predicted octanol–water partition coefficient (Wildman–Crippen LogP) is 3.82. The van der Waals surface area contributed by atoms with Crippen molar-refractivity contribution >= 4 is 22.2 Å². The molecule has 1 aromatic carbocycles. The van der Waals surface area contributed by atoms with Gasteiger partial charge in [0.15, 0.2) is 0 Å². The molecule has 1 heterocycles. The van der Waals surface area contributed by atoms with Crippen LogP contribution in [0.1, 0.15) is 34.4 Å². The van der Waals surface area contributed by atoms with Crippen LogP contribution in [-0.4, -0.2) is 12.5 Å². The number of nitriles is 1. The monoisotopic (exact) mass is 326 g/mol. The first-order valence-electron chi connectivity index (χ1n) is 7.71. The SMILES string of the molecule is Cc1ccc(OCCC(=O)Nc2sc3c(c2C#N)CCC3)cc1. The molecule has 0 radical (unpaired) electrons. The van der Waals surface area contributed by atoms with Crippen LogP contribution in [0, 0.1) is 18.3 Å². The number of anilines is 1. The van der Waals surface area contributed by atoms with Gasteiger partial charge in [-0.1, -0.05) is 17.7 Å². The highest BCUT2D eigenvalue weighted by molar-refractivity contribution is 7.16. The first-order valence-corrected chi connectivity index (χ1v) is 8.53. The van der Waals surface area contributed by atoms with E-state index in [0.29, 0.717) is 17.2 Å². The Hall–Kier alpha value is -2.32. The summed E-state index contributed by atoms with van der Waals surface area (Å²) >= 11 is 1.54. The van der Waals surface area contributed by atoms with Crippen LogP contribution in [0.3, 0.4) is 0 Å². The van der Waals surface area contributed by atoms with Crippen LogP contribution in [0.25, 0.3) is 0 Å². The first kappa shape index (κ1) is 15.6. The van der Waals surface area contributed by atoms with Gasteiger partial charge in [-0.25, -0.2) is 0 Å². The van der Waals surface area contributed by atoms with Gasteiger partial charge in [-0.05, 0) is 43.9 Å². The summed E-state index contributed by atoms with van der Waals surface area (Å²) in [6.45, 7) is 2.34. The van der Waals surface area contributed by atoms with Crippen molar-refractivity contribution in [3.63, 3.8) is 0 Å². The second-order valence-corrected chi connectivity index (χ2v) is 6.74. The standard InChI is InChI=1S/C18H18N2O2S/c1-12-5-7-13(8-6-12)22-10-9-17(21)20-18-15(11-19)14-3-2-4-16(14)23-18/h5-8H,2-4,9-10H2,1H3,(H,20,21). The highest BCUT2D eigenvalue weighted by Crippen LogP contribution is 2.38. The third-order valence-electron chi connectivity index (χ3n) is 3.90. The Kier molecular flexibility index (Phi) is 4.63. The molecule has 1 aliphatic rings. The van der Waals surface area contributed by atoms with Crippen LogP contribution in [0.15, 0.2) is 24.3 Å². The van der Waals surface area contributed by atoms with Crippen LogP contribution in [0.2, 0.25) is 0 Å². The van der Waals surface area contributed by atoms with E-state index in [4.69, 9.17) is 4.74 Å². The number of hydrogen-bond donors (Lipinski definition) is 1. The zero-order chi connectivity index (χ0) is 16.2. The number of carbonyl (C=O) groups excluding carboxylic acids is 1. The fraction of sp³-hybridized carbons (Fsp3) is 0.333. The molecule has 1 aliphatic carbocycles. The lowest BCUT2D eigenvalue weighted by atomic mass is 10.1. The van der Waals surface area contributed by atoms with Crippen molar-refractivity contribution < 1.29 is 9.53 Å². The summed E-state index contributed by atoms with van der Waals surface area (Å²) in [5, 5.41) is 12.9. The van der Waals surface area contributed by atoms with Crippen LogP contribution in [0.5, 0.6) is 5.75 Å². The molecule has 0 aliphatic heterocycles. The summed E-state index contributed by atoms with van der Waals surface area (Å²) < 4.78 is 5.56. The van der Waals surface area contributed by atoms with Crippen molar-refractivity contribution in [2.24, 2.45) is 0 Å². The van der Waals surface area contributed by atoms with Gasteiger partial charge in [-0.3, -0.25) is 4.79 Å². The lowest BCUT2D eigenvalue weighted by Crippen LogP contribution is -2.15. The van der Waals surface area contributed by atoms with Gasteiger partial charge in [0.2, 0.25) is 5.91 Å². The van der Waals surface area contributed by atoms with E-state index in [2.05, 4.69) is 11.4 Å². The second kappa shape index (κ2) is 6.84. The molecule has 1 amide bonds. The summed E-state index contributed by atoms with van der Waals surface area (Å²) in [7, 11) is 0. The van der Waals surface area contributed by atoms with Crippen molar-refractivity contribution in [2.75, 3.05) is 11.9 Å². The largest absolute Gasteiger partial charge is 0.493 e. The number of hydrogen-bond acceptors (Lipinski definition) is 4. The minimum Gasteiger partial charge on any atom is -0.493 e. The Balaban J connectivity index is 1.54. The number of nitrogens with zero attached hydrogens (tertiary/aromatic N) is 1. The zero-order valence-electron chi connectivity index (χ0n) is 13.0. The molecule has 4 nitrogen and oxygen atoms in total. The molecule has 0 saturated carbocycles. The maximum atomic E-state index is 12.1. The third-order valence-corrected chi connectivity index (χ3v) is 5.11. The van der Waals surface area contributed by atoms with Crippen LogP contribution >= 0.6 is 11.3 Å². The highest BCUT2D eigenvalue weighted by atomic mass is 32.1. The number of aryl methyl sites for hydroxylation is 2. The molecule has 23 heavy (non-hydrogen) atoms. The molecular weight excluding hydrogens is 308 g/mol. The quantitative estimate of drug-likeness (QED) is 0.908. The maximum Gasteiger partial charge on any atom is 0.228 e. The minimum atomic E-state index is -0.117. The molecular formula is C18H18N2O2S. The normalized spacial score (nSPS) is 12.5. The smallest absolute Gasteiger partial charge is 0.228 e. The van der Waals surface area contributed by atoms with Gasteiger partial charge in [-0.2, -0.15) is 5.26 Å². The Morgan fingerprint density at radius 3 is 2.87 bits per heavy atom. The molecule has 0 spiro atoms. The lowest BCUT2D eigenvalue weighted by Gasteiger charge is -2.07. The molecule has 0 bridgehead atoms. The summed E-state index contributed by atoms with van der Waals surface area (Å²) in [6, 6.07) is 9.97. The van der Waals surface area contributed by atoms with Crippen molar-refractivity contribution in [1.29, 1.82) is 5.26 Å². The molecule has 0 atom stereocenters. The Labute approximate surface area is 139 Å². The number of carbonyl (C=O) groups is 1. The van der Waals surface area contributed by atoms with Gasteiger partial charge in [0.1, 0.15) is 16.8 Å². The number of rotatable bonds is 5. The Morgan fingerprint density at radius 2 is 2.13 bits per heavy atom. The van der Waals surface area contributed by atoms with E-state index in [1.54, 1.807) is 0 Å². The number of nitrogens with one attached hydrogen (secondary N) is 1. The van der Waals surface area contributed by atoms with E-state index in [1.165, 1.54) is 21.8 Å². The lowest BCUT2D eigenvalue weighted by molar-refractivity contribution is -0.116. The van der Waals surface area contributed by atoms with Crippen LogP contribution < -0.4 is 10.1 Å². The van der Waals surface area contributed by atoms with Crippen molar-refractivity contribution in [3.8, 4) is 11.8 Å². The summed E-state index contributed by atoms with van der Waals surface area (Å²) in [5.74, 6) is 0.643. The molecule has 2 aromatic rings.